The second kappa shape index (κ2) is 7.97. The van der Waals surface area contributed by atoms with Gasteiger partial charge in [-0.2, -0.15) is 0 Å². The normalized spacial score (nSPS) is 21.1. The molecule has 0 amide bonds. The van der Waals surface area contributed by atoms with Gasteiger partial charge < -0.3 is 29.0 Å². The van der Waals surface area contributed by atoms with Crippen molar-refractivity contribution in [3.63, 3.8) is 0 Å². The van der Waals surface area contributed by atoms with Crippen LogP contribution in [-0.4, -0.2) is 62.4 Å². The number of hydrogen-bond donors (Lipinski definition) is 1. The van der Waals surface area contributed by atoms with Crippen LogP contribution in [0.1, 0.15) is 18.4 Å². The molecule has 1 aromatic rings. The molecule has 3 rings (SSSR count). The molecule has 0 saturated carbocycles. The largest absolute Gasteiger partial charge is 0.454 e. The van der Waals surface area contributed by atoms with E-state index < -0.39 is 6.10 Å². The lowest BCUT2D eigenvalue weighted by Gasteiger charge is -2.23. The molecule has 2 atom stereocenters. The zero-order valence-corrected chi connectivity index (χ0v) is 13.6. The van der Waals surface area contributed by atoms with E-state index >= 15 is 0 Å². The van der Waals surface area contributed by atoms with E-state index in [2.05, 4.69) is 4.90 Å². The molecule has 2 aliphatic rings. The highest BCUT2D eigenvalue weighted by Gasteiger charge is 2.19. The Hall–Kier alpha value is -1.34. The molecule has 1 saturated heterocycles. The number of benzene rings is 1. The highest BCUT2D eigenvalue weighted by Crippen LogP contribution is 2.32. The number of aliphatic hydroxyl groups excluding tert-OH is 1. The Morgan fingerprint density at radius 1 is 1.35 bits per heavy atom. The SMILES string of the molecule is CN(C[C@@H](O)COCc1ccc2c(c1)OCO2)C[C@@H]1CCCO1. The minimum absolute atomic E-state index is 0.273. The Morgan fingerprint density at radius 2 is 2.22 bits per heavy atom. The predicted octanol–water partition coefficient (Wildman–Crippen LogP) is 1.40. The van der Waals surface area contributed by atoms with Crippen molar-refractivity contribution < 1.29 is 24.1 Å². The maximum absolute atomic E-state index is 10.1. The number of ether oxygens (including phenoxy) is 4. The molecule has 1 fully saturated rings. The van der Waals surface area contributed by atoms with E-state index in [1.165, 1.54) is 0 Å². The summed E-state index contributed by atoms with van der Waals surface area (Å²) in [6.45, 7) is 3.34. The monoisotopic (exact) mass is 323 g/mol. The molecule has 6 nitrogen and oxygen atoms in total. The molecule has 2 aliphatic heterocycles. The van der Waals surface area contributed by atoms with E-state index in [0.29, 0.717) is 25.9 Å². The first-order valence-corrected chi connectivity index (χ1v) is 8.15. The summed E-state index contributed by atoms with van der Waals surface area (Å²) in [5.74, 6) is 1.52. The summed E-state index contributed by atoms with van der Waals surface area (Å²) in [5.41, 5.74) is 1.01. The molecule has 6 heteroatoms. The van der Waals surface area contributed by atoms with E-state index in [9.17, 15) is 5.11 Å². The molecule has 23 heavy (non-hydrogen) atoms. The first-order valence-electron chi connectivity index (χ1n) is 8.15. The number of hydrogen-bond acceptors (Lipinski definition) is 6. The minimum Gasteiger partial charge on any atom is -0.454 e. The van der Waals surface area contributed by atoms with E-state index in [0.717, 1.165) is 43.1 Å². The van der Waals surface area contributed by atoms with Gasteiger partial charge in [0.25, 0.3) is 0 Å². The maximum atomic E-state index is 10.1. The van der Waals surface area contributed by atoms with Crippen molar-refractivity contribution in [2.24, 2.45) is 0 Å². The van der Waals surface area contributed by atoms with Crippen molar-refractivity contribution in [2.45, 2.75) is 31.7 Å². The highest BCUT2D eigenvalue weighted by atomic mass is 16.7. The van der Waals surface area contributed by atoms with Crippen LogP contribution in [0, 0.1) is 0 Å². The maximum Gasteiger partial charge on any atom is 0.231 e. The number of aliphatic hydroxyl groups is 1. The lowest BCUT2D eigenvalue weighted by atomic mass is 10.2. The standard InChI is InChI=1S/C17H25NO5/c1-18(9-15-3-2-6-21-15)8-14(19)11-20-10-13-4-5-16-17(7-13)23-12-22-16/h4-5,7,14-15,19H,2-3,6,8-12H2,1H3/t14-,15+/m1/s1. The lowest BCUT2D eigenvalue weighted by molar-refractivity contribution is 0.00464. The molecular formula is C17H25NO5. The van der Waals surface area contributed by atoms with E-state index in [-0.39, 0.29) is 6.79 Å². The third kappa shape index (κ3) is 4.81. The minimum atomic E-state index is -0.504. The molecule has 0 spiro atoms. The van der Waals surface area contributed by atoms with Gasteiger partial charge in [-0.05, 0) is 37.6 Å². The van der Waals surface area contributed by atoms with Gasteiger partial charge in [0.1, 0.15) is 0 Å². The number of likely N-dealkylation sites (N-methyl/N-ethyl adjacent to an activating group) is 1. The smallest absolute Gasteiger partial charge is 0.231 e. The summed E-state index contributed by atoms with van der Waals surface area (Å²) >= 11 is 0. The molecule has 0 aromatic heterocycles. The van der Waals surface area contributed by atoms with Gasteiger partial charge in [0.15, 0.2) is 11.5 Å². The van der Waals surface area contributed by atoms with Crippen LogP contribution in [0.2, 0.25) is 0 Å². The van der Waals surface area contributed by atoms with Crippen LogP contribution in [-0.2, 0) is 16.1 Å². The molecule has 0 radical (unpaired) electrons. The quantitative estimate of drug-likeness (QED) is 0.780. The van der Waals surface area contributed by atoms with Crippen LogP contribution in [0.4, 0.5) is 0 Å². The number of nitrogens with zero attached hydrogens (tertiary/aromatic N) is 1. The first-order chi connectivity index (χ1) is 11.2. The van der Waals surface area contributed by atoms with Crippen LogP contribution in [0.25, 0.3) is 0 Å². The molecule has 0 bridgehead atoms. The summed E-state index contributed by atoms with van der Waals surface area (Å²) < 4.78 is 21.8. The number of rotatable bonds is 8. The fourth-order valence-electron chi connectivity index (χ4n) is 2.97. The van der Waals surface area contributed by atoms with Crippen molar-refractivity contribution >= 4 is 0 Å². The Kier molecular flexibility index (Phi) is 5.72. The van der Waals surface area contributed by atoms with Gasteiger partial charge in [0.2, 0.25) is 6.79 Å². The molecule has 128 valence electrons. The van der Waals surface area contributed by atoms with Gasteiger partial charge in [-0.3, -0.25) is 0 Å². The molecule has 0 aliphatic carbocycles. The van der Waals surface area contributed by atoms with Crippen LogP contribution in [0.5, 0.6) is 11.5 Å². The predicted molar refractivity (Wildman–Crippen MR) is 84.7 cm³/mol. The van der Waals surface area contributed by atoms with Crippen LogP contribution in [0.15, 0.2) is 18.2 Å². The Bertz CT molecular complexity index is 504. The van der Waals surface area contributed by atoms with Gasteiger partial charge >= 0.3 is 0 Å². The third-order valence-electron chi connectivity index (χ3n) is 4.08. The highest BCUT2D eigenvalue weighted by molar-refractivity contribution is 5.44. The first kappa shape index (κ1) is 16.5. The lowest BCUT2D eigenvalue weighted by Crippen LogP contribution is -2.36. The zero-order valence-electron chi connectivity index (χ0n) is 13.6. The fraction of sp³-hybridized carbons (Fsp3) is 0.647. The number of fused-ring (bicyclic) bond motifs is 1. The van der Waals surface area contributed by atoms with Crippen molar-refractivity contribution in [2.75, 3.05) is 40.1 Å². The van der Waals surface area contributed by atoms with Gasteiger partial charge in [0.05, 0.1) is 25.4 Å². The summed E-state index contributed by atoms with van der Waals surface area (Å²) in [6.07, 6.45) is 2.05. The second-order valence-corrected chi connectivity index (χ2v) is 6.21. The van der Waals surface area contributed by atoms with Gasteiger partial charge in [-0.25, -0.2) is 0 Å². The molecule has 1 aromatic carbocycles. The fourth-order valence-corrected chi connectivity index (χ4v) is 2.97. The third-order valence-corrected chi connectivity index (χ3v) is 4.08. The second-order valence-electron chi connectivity index (χ2n) is 6.21. The van der Waals surface area contributed by atoms with Gasteiger partial charge in [-0.15, -0.1) is 0 Å². The zero-order chi connectivity index (χ0) is 16.1. The summed E-state index contributed by atoms with van der Waals surface area (Å²) in [6, 6.07) is 5.74. The van der Waals surface area contributed by atoms with Crippen LogP contribution >= 0.6 is 0 Å². The summed E-state index contributed by atoms with van der Waals surface area (Å²) in [4.78, 5) is 2.10. The van der Waals surface area contributed by atoms with Crippen LogP contribution in [0.3, 0.4) is 0 Å². The van der Waals surface area contributed by atoms with Gasteiger partial charge in [0, 0.05) is 19.7 Å². The Balaban J connectivity index is 1.34. The average Bonchev–Trinajstić information content (AvgIpc) is 3.17. The van der Waals surface area contributed by atoms with Crippen molar-refractivity contribution in [3.05, 3.63) is 23.8 Å². The average molecular weight is 323 g/mol. The topological polar surface area (TPSA) is 60.4 Å². The molecular weight excluding hydrogens is 298 g/mol. The van der Waals surface area contributed by atoms with E-state index in [1.54, 1.807) is 0 Å². The summed E-state index contributed by atoms with van der Waals surface area (Å²) in [7, 11) is 2.00. The summed E-state index contributed by atoms with van der Waals surface area (Å²) in [5, 5.41) is 10.1. The van der Waals surface area contributed by atoms with Crippen molar-refractivity contribution in [1.82, 2.24) is 4.90 Å². The molecule has 1 N–H and O–H groups in total. The molecule has 2 heterocycles. The van der Waals surface area contributed by atoms with Gasteiger partial charge in [-0.1, -0.05) is 6.07 Å². The Labute approximate surface area is 136 Å². The van der Waals surface area contributed by atoms with E-state index in [4.69, 9.17) is 18.9 Å². The van der Waals surface area contributed by atoms with Crippen LogP contribution < -0.4 is 9.47 Å². The molecule has 0 unspecified atom stereocenters. The van der Waals surface area contributed by atoms with E-state index in [1.807, 2.05) is 25.2 Å². The van der Waals surface area contributed by atoms with Crippen molar-refractivity contribution in [3.8, 4) is 11.5 Å². The van der Waals surface area contributed by atoms with Crippen molar-refractivity contribution in [1.29, 1.82) is 0 Å². The Morgan fingerprint density at radius 3 is 3.04 bits per heavy atom.